The van der Waals surface area contributed by atoms with E-state index in [-0.39, 0.29) is 0 Å². The SMILES string of the molecule is COc1ccc(-c2nc3sccn3c2/C=N\O)cc1. The molecule has 0 bridgehead atoms. The highest BCUT2D eigenvalue weighted by Gasteiger charge is 2.13. The van der Waals surface area contributed by atoms with Gasteiger partial charge >= 0.3 is 0 Å². The lowest BCUT2D eigenvalue weighted by Gasteiger charge is -2.02. The fraction of sp³-hybridized carbons (Fsp3) is 0.0769. The minimum atomic E-state index is 0.754. The van der Waals surface area contributed by atoms with Gasteiger partial charge in [-0.25, -0.2) is 4.98 Å². The van der Waals surface area contributed by atoms with Crippen LogP contribution in [0.25, 0.3) is 16.2 Å². The molecule has 5 nitrogen and oxygen atoms in total. The lowest BCUT2D eigenvalue weighted by molar-refractivity contribution is 0.321. The third kappa shape index (κ3) is 1.96. The van der Waals surface area contributed by atoms with E-state index in [1.165, 1.54) is 17.6 Å². The Morgan fingerprint density at radius 3 is 2.84 bits per heavy atom. The van der Waals surface area contributed by atoms with Crippen molar-refractivity contribution in [3.63, 3.8) is 0 Å². The third-order valence-electron chi connectivity index (χ3n) is 2.84. The molecule has 1 aromatic carbocycles. The maximum absolute atomic E-state index is 8.80. The maximum atomic E-state index is 8.80. The molecule has 3 aromatic rings. The summed E-state index contributed by atoms with van der Waals surface area (Å²) in [6, 6.07) is 7.62. The Morgan fingerprint density at radius 2 is 2.16 bits per heavy atom. The molecule has 0 saturated heterocycles. The number of oxime groups is 1. The highest BCUT2D eigenvalue weighted by Crippen LogP contribution is 2.27. The molecule has 0 saturated carbocycles. The minimum Gasteiger partial charge on any atom is -0.497 e. The Morgan fingerprint density at radius 1 is 1.37 bits per heavy atom. The largest absolute Gasteiger partial charge is 0.497 e. The first kappa shape index (κ1) is 11.7. The molecule has 0 aliphatic carbocycles. The normalized spacial score (nSPS) is 11.4. The molecular weight excluding hydrogens is 262 g/mol. The number of aromatic nitrogens is 2. The molecule has 0 amide bonds. The molecular formula is C13H11N3O2S. The van der Waals surface area contributed by atoms with Crippen LogP contribution in [0.2, 0.25) is 0 Å². The predicted molar refractivity (Wildman–Crippen MR) is 74.4 cm³/mol. The molecule has 19 heavy (non-hydrogen) atoms. The van der Waals surface area contributed by atoms with Crippen molar-refractivity contribution in [2.45, 2.75) is 0 Å². The Kier molecular flexibility index (Phi) is 2.92. The first-order chi connectivity index (χ1) is 9.33. The van der Waals surface area contributed by atoms with Crippen LogP contribution in [-0.4, -0.2) is 27.9 Å². The van der Waals surface area contributed by atoms with Crippen LogP contribution < -0.4 is 4.74 Å². The van der Waals surface area contributed by atoms with Crippen molar-refractivity contribution in [3.8, 4) is 17.0 Å². The zero-order chi connectivity index (χ0) is 13.2. The number of thiazole rings is 1. The van der Waals surface area contributed by atoms with Gasteiger partial charge in [-0.05, 0) is 24.3 Å². The average Bonchev–Trinajstić information content (AvgIpc) is 3.02. The van der Waals surface area contributed by atoms with E-state index in [9.17, 15) is 0 Å². The number of hydrogen-bond donors (Lipinski definition) is 1. The van der Waals surface area contributed by atoms with Gasteiger partial charge in [0.05, 0.1) is 24.7 Å². The van der Waals surface area contributed by atoms with E-state index in [1.807, 2.05) is 40.2 Å². The molecule has 0 aliphatic rings. The standard InChI is InChI=1S/C13H11N3O2S/c1-18-10-4-2-9(3-5-10)12-11(8-14-17)16-6-7-19-13(16)15-12/h2-8,17H,1H3/b14-8-. The first-order valence-corrected chi connectivity index (χ1v) is 6.49. The van der Waals surface area contributed by atoms with Gasteiger partial charge in [0, 0.05) is 17.1 Å². The highest BCUT2D eigenvalue weighted by molar-refractivity contribution is 7.15. The van der Waals surface area contributed by atoms with E-state index in [1.54, 1.807) is 7.11 Å². The molecule has 0 aliphatic heterocycles. The smallest absolute Gasteiger partial charge is 0.194 e. The van der Waals surface area contributed by atoms with E-state index in [2.05, 4.69) is 10.1 Å². The van der Waals surface area contributed by atoms with Gasteiger partial charge in [-0.1, -0.05) is 5.16 Å². The molecule has 96 valence electrons. The van der Waals surface area contributed by atoms with Gasteiger partial charge in [0.15, 0.2) is 4.96 Å². The molecule has 0 fully saturated rings. The van der Waals surface area contributed by atoms with Gasteiger partial charge in [0.1, 0.15) is 5.75 Å². The van der Waals surface area contributed by atoms with Gasteiger partial charge in [-0.15, -0.1) is 11.3 Å². The summed E-state index contributed by atoms with van der Waals surface area (Å²) in [6.07, 6.45) is 3.29. The number of ether oxygens (including phenoxy) is 1. The summed E-state index contributed by atoms with van der Waals surface area (Å²) in [7, 11) is 1.63. The van der Waals surface area contributed by atoms with E-state index in [0.717, 1.165) is 27.7 Å². The van der Waals surface area contributed by atoms with Crippen molar-refractivity contribution in [1.29, 1.82) is 0 Å². The number of hydrogen-bond acceptors (Lipinski definition) is 5. The van der Waals surface area contributed by atoms with E-state index in [0.29, 0.717) is 0 Å². The molecule has 2 heterocycles. The second-order valence-electron chi connectivity index (χ2n) is 3.87. The second kappa shape index (κ2) is 4.74. The summed E-state index contributed by atoms with van der Waals surface area (Å²) in [5.74, 6) is 0.794. The Hall–Kier alpha value is -2.34. The lowest BCUT2D eigenvalue weighted by Crippen LogP contribution is -1.91. The van der Waals surface area contributed by atoms with Crippen molar-refractivity contribution >= 4 is 22.5 Å². The molecule has 0 unspecified atom stereocenters. The maximum Gasteiger partial charge on any atom is 0.194 e. The summed E-state index contributed by atoms with van der Waals surface area (Å²) in [5.41, 5.74) is 2.49. The number of imidazole rings is 1. The van der Waals surface area contributed by atoms with Gasteiger partial charge in [0.25, 0.3) is 0 Å². The van der Waals surface area contributed by atoms with Crippen LogP contribution in [0, 0.1) is 0 Å². The number of rotatable bonds is 3. The molecule has 1 N–H and O–H groups in total. The topological polar surface area (TPSA) is 59.1 Å². The summed E-state index contributed by atoms with van der Waals surface area (Å²) >= 11 is 1.53. The van der Waals surface area contributed by atoms with Crippen LogP contribution in [0.4, 0.5) is 0 Å². The summed E-state index contributed by atoms with van der Waals surface area (Å²) in [4.78, 5) is 5.42. The summed E-state index contributed by atoms with van der Waals surface area (Å²) in [6.45, 7) is 0. The minimum absolute atomic E-state index is 0.754. The van der Waals surface area contributed by atoms with Crippen LogP contribution in [0.15, 0.2) is 41.0 Å². The van der Waals surface area contributed by atoms with Gasteiger partial charge in [-0.2, -0.15) is 0 Å². The van der Waals surface area contributed by atoms with Gasteiger partial charge in [-0.3, -0.25) is 4.40 Å². The van der Waals surface area contributed by atoms with E-state index >= 15 is 0 Å². The van der Waals surface area contributed by atoms with Crippen molar-refractivity contribution in [2.75, 3.05) is 7.11 Å². The molecule has 0 atom stereocenters. The highest BCUT2D eigenvalue weighted by atomic mass is 32.1. The average molecular weight is 273 g/mol. The molecule has 0 spiro atoms. The van der Waals surface area contributed by atoms with Gasteiger partial charge in [0.2, 0.25) is 0 Å². The summed E-state index contributed by atoms with van der Waals surface area (Å²) in [5, 5.41) is 13.9. The molecule has 0 radical (unpaired) electrons. The van der Waals surface area contributed by atoms with Crippen molar-refractivity contribution in [2.24, 2.45) is 5.16 Å². The lowest BCUT2D eigenvalue weighted by atomic mass is 10.1. The molecule has 6 heteroatoms. The monoisotopic (exact) mass is 273 g/mol. The second-order valence-corrected chi connectivity index (χ2v) is 4.75. The fourth-order valence-corrected chi connectivity index (χ4v) is 2.66. The molecule has 3 rings (SSSR count). The van der Waals surface area contributed by atoms with Crippen LogP contribution in [0.3, 0.4) is 0 Å². The third-order valence-corrected chi connectivity index (χ3v) is 3.60. The predicted octanol–water partition coefficient (Wildman–Crippen LogP) is 2.88. The number of methoxy groups -OCH3 is 1. The zero-order valence-electron chi connectivity index (χ0n) is 10.1. The quantitative estimate of drug-likeness (QED) is 0.453. The Labute approximate surface area is 113 Å². The Balaban J connectivity index is 2.17. The zero-order valence-corrected chi connectivity index (χ0v) is 11.0. The van der Waals surface area contributed by atoms with Crippen LogP contribution in [-0.2, 0) is 0 Å². The fourth-order valence-electron chi connectivity index (χ4n) is 1.94. The Bertz CT molecular complexity index is 728. The number of benzene rings is 1. The van der Waals surface area contributed by atoms with Crippen LogP contribution >= 0.6 is 11.3 Å². The van der Waals surface area contributed by atoms with Crippen molar-refractivity contribution < 1.29 is 9.94 Å². The number of fused-ring (bicyclic) bond motifs is 1. The molecule has 2 aromatic heterocycles. The van der Waals surface area contributed by atoms with Gasteiger partial charge < -0.3 is 9.94 Å². The summed E-state index contributed by atoms with van der Waals surface area (Å²) < 4.78 is 7.03. The van der Waals surface area contributed by atoms with Crippen molar-refractivity contribution in [1.82, 2.24) is 9.38 Å². The number of nitrogens with zero attached hydrogens (tertiary/aromatic N) is 3. The van der Waals surface area contributed by atoms with Crippen LogP contribution in [0.5, 0.6) is 5.75 Å². The first-order valence-electron chi connectivity index (χ1n) is 5.61. The van der Waals surface area contributed by atoms with E-state index in [4.69, 9.17) is 9.94 Å². The van der Waals surface area contributed by atoms with E-state index < -0.39 is 0 Å². The van der Waals surface area contributed by atoms with Crippen molar-refractivity contribution in [3.05, 3.63) is 41.5 Å². The van der Waals surface area contributed by atoms with Crippen LogP contribution in [0.1, 0.15) is 5.69 Å².